The third-order valence-corrected chi connectivity index (χ3v) is 6.20. The number of nitrogens with one attached hydrogen (secondary N) is 1. The Morgan fingerprint density at radius 2 is 1.84 bits per heavy atom. The van der Waals surface area contributed by atoms with E-state index in [0.717, 1.165) is 41.3 Å². The van der Waals surface area contributed by atoms with Crippen molar-refractivity contribution in [2.24, 2.45) is 0 Å². The quantitative estimate of drug-likeness (QED) is 0.534. The Labute approximate surface area is 192 Å². The zero-order valence-electron chi connectivity index (χ0n) is 17.9. The SMILES string of the molecule is C#CCOC(C(=O)NC1CCCCC1c1ccc(OC)c(OC)c1)c1ccc(Br)cc1. The van der Waals surface area contributed by atoms with Crippen molar-refractivity contribution in [2.75, 3.05) is 20.8 Å². The molecule has 0 saturated heterocycles. The normalized spacial score (nSPS) is 19.2. The molecule has 3 rings (SSSR count). The molecule has 2 aromatic rings. The predicted molar refractivity (Wildman–Crippen MR) is 124 cm³/mol. The molecule has 6 heteroatoms. The fourth-order valence-corrected chi connectivity index (χ4v) is 4.40. The van der Waals surface area contributed by atoms with E-state index in [1.165, 1.54) is 0 Å². The molecule has 3 atom stereocenters. The van der Waals surface area contributed by atoms with Gasteiger partial charge in [-0.3, -0.25) is 4.79 Å². The highest BCUT2D eigenvalue weighted by Crippen LogP contribution is 2.38. The van der Waals surface area contributed by atoms with Crippen LogP contribution in [0.15, 0.2) is 46.9 Å². The van der Waals surface area contributed by atoms with Crippen LogP contribution in [0.1, 0.15) is 48.8 Å². The van der Waals surface area contributed by atoms with E-state index < -0.39 is 6.10 Å². The van der Waals surface area contributed by atoms with Crippen LogP contribution in [-0.2, 0) is 9.53 Å². The summed E-state index contributed by atoms with van der Waals surface area (Å²) in [6.45, 7) is 0.0674. The molecule has 1 amide bonds. The highest BCUT2D eigenvalue weighted by atomic mass is 79.9. The zero-order valence-corrected chi connectivity index (χ0v) is 19.5. The molecular weight excluding hydrogens is 458 g/mol. The van der Waals surface area contributed by atoms with E-state index in [9.17, 15) is 4.79 Å². The van der Waals surface area contributed by atoms with Crippen LogP contribution < -0.4 is 14.8 Å². The largest absolute Gasteiger partial charge is 0.493 e. The Bertz CT molecular complexity index is 922. The minimum atomic E-state index is -0.753. The standard InChI is InChI=1S/C25H28BrNO4/c1-4-15-31-24(17-9-12-19(26)13-10-17)25(28)27-21-8-6-5-7-20(21)18-11-14-22(29-2)23(16-18)30-3/h1,9-14,16,20-21,24H,5-8,15H2,2-3H3,(H,27,28). The van der Waals surface area contributed by atoms with Gasteiger partial charge in [0.2, 0.25) is 0 Å². The summed E-state index contributed by atoms with van der Waals surface area (Å²) in [4.78, 5) is 13.2. The lowest BCUT2D eigenvalue weighted by Crippen LogP contribution is -2.43. The van der Waals surface area contributed by atoms with Crippen LogP contribution in [0, 0.1) is 12.3 Å². The summed E-state index contributed by atoms with van der Waals surface area (Å²) in [7, 11) is 3.26. The molecule has 2 aromatic carbocycles. The smallest absolute Gasteiger partial charge is 0.254 e. The average molecular weight is 486 g/mol. The topological polar surface area (TPSA) is 56.8 Å². The van der Waals surface area contributed by atoms with Crippen molar-refractivity contribution >= 4 is 21.8 Å². The van der Waals surface area contributed by atoms with E-state index >= 15 is 0 Å². The molecule has 1 aliphatic rings. The summed E-state index contributed by atoms with van der Waals surface area (Å²) in [5, 5.41) is 3.24. The average Bonchev–Trinajstić information content (AvgIpc) is 2.80. The predicted octanol–water partition coefficient (Wildman–Crippen LogP) is 5.00. The van der Waals surface area contributed by atoms with Crippen molar-refractivity contribution in [3.8, 4) is 23.8 Å². The number of carbonyl (C=O) groups excluding carboxylic acids is 1. The summed E-state index contributed by atoms with van der Waals surface area (Å²) in [6.07, 6.45) is 8.72. The first-order chi connectivity index (χ1) is 15.1. The van der Waals surface area contributed by atoms with Crippen LogP contribution in [0.2, 0.25) is 0 Å². The Balaban J connectivity index is 1.81. The van der Waals surface area contributed by atoms with Crippen LogP contribution in [0.25, 0.3) is 0 Å². The van der Waals surface area contributed by atoms with Crippen molar-refractivity contribution in [1.82, 2.24) is 5.32 Å². The van der Waals surface area contributed by atoms with Gasteiger partial charge in [0.25, 0.3) is 5.91 Å². The molecule has 0 spiro atoms. The zero-order chi connectivity index (χ0) is 22.2. The highest BCUT2D eigenvalue weighted by molar-refractivity contribution is 9.10. The molecule has 0 radical (unpaired) electrons. The Kier molecular flexibility index (Phi) is 8.39. The van der Waals surface area contributed by atoms with Crippen LogP contribution in [0.4, 0.5) is 0 Å². The van der Waals surface area contributed by atoms with Crippen molar-refractivity contribution in [2.45, 2.75) is 43.7 Å². The van der Waals surface area contributed by atoms with Gasteiger partial charge < -0.3 is 19.5 Å². The minimum absolute atomic E-state index is 0.00624. The van der Waals surface area contributed by atoms with Crippen LogP contribution in [0.5, 0.6) is 11.5 Å². The number of hydrogen-bond donors (Lipinski definition) is 1. The molecule has 0 aliphatic heterocycles. The van der Waals surface area contributed by atoms with Gasteiger partial charge in [-0.25, -0.2) is 0 Å². The van der Waals surface area contributed by atoms with E-state index in [4.69, 9.17) is 20.6 Å². The van der Waals surface area contributed by atoms with E-state index in [-0.39, 0.29) is 24.5 Å². The maximum atomic E-state index is 13.2. The maximum Gasteiger partial charge on any atom is 0.254 e. The van der Waals surface area contributed by atoms with Crippen LogP contribution >= 0.6 is 15.9 Å². The molecule has 1 saturated carbocycles. The number of rotatable bonds is 8. The number of amides is 1. The summed E-state index contributed by atoms with van der Waals surface area (Å²) < 4.78 is 17.5. The number of ether oxygens (including phenoxy) is 3. The molecule has 1 aliphatic carbocycles. The van der Waals surface area contributed by atoms with E-state index in [0.29, 0.717) is 11.5 Å². The summed E-state index contributed by atoms with van der Waals surface area (Å²) in [5.74, 6) is 3.87. The molecule has 31 heavy (non-hydrogen) atoms. The second-order valence-corrected chi connectivity index (χ2v) is 8.48. The molecule has 5 nitrogen and oxygen atoms in total. The van der Waals surface area contributed by atoms with E-state index in [2.05, 4.69) is 33.2 Å². The molecule has 1 N–H and O–H groups in total. The number of terminal acetylenes is 1. The lowest BCUT2D eigenvalue weighted by atomic mass is 9.79. The maximum absolute atomic E-state index is 13.2. The molecule has 0 aromatic heterocycles. The molecule has 0 bridgehead atoms. The number of hydrogen-bond acceptors (Lipinski definition) is 4. The first-order valence-corrected chi connectivity index (χ1v) is 11.2. The Morgan fingerprint density at radius 3 is 2.52 bits per heavy atom. The number of carbonyl (C=O) groups is 1. The van der Waals surface area contributed by atoms with Gasteiger partial charge in [-0.05, 0) is 48.2 Å². The first kappa shape index (κ1) is 23.2. The van der Waals surface area contributed by atoms with Crippen molar-refractivity contribution < 1.29 is 19.0 Å². The third-order valence-electron chi connectivity index (χ3n) is 5.67. The van der Waals surface area contributed by atoms with E-state index in [1.54, 1.807) is 14.2 Å². The highest BCUT2D eigenvalue weighted by Gasteiger charge is 2.31. The van der Waals surface area contributed by atoms with Gasteiger partial charge in [-0.2, -0.15) is 0 Å². The first-order valence-electron chi connectivity index (χ1n) is 10.4. The van der Waals surface area contributed by atoms with Gasteiger partial charge in [0.1, 0.15) is 6.61 Å². The Hall–Kier alpha value is -2.49. The summed E-state index contributed by atoms with van der Waals surface area (Å²) in [6, 6.07) is 13.5. The number of methoxy groups -OCH3 is 2. The summed E-state index contributed by atoms with van der Waals surface area (Å²) in [5.41, 5.74) is 1.90. The molecule has 0 heterocycles. The number of benzene rings is 2. The van der Waals surface area contributed by atoms with Crippen molar-refractivity contribution in [3.05, 3.63) is 58.1 Å². The van der Waals surface area contributed by atoms with Gasteiger partial charge >= 0.3 is 0 Å². The molecule has 164 valence electrons. The van der Waals surface area contributed by atoms with Gasteiger partial charge in [-0.15, -0.1) is 6.42 Å². The van der Waals surface area contributed by atoms with Crippen molar-refractivity contribution in [1.29, 1.82) is 0 Å². The monoisotopic (exact) mass is 485 g/mol. The van der Waals surface area contributed by atoms with Crippen molar-refractivity contribution in [3.63, 3.8) is 0 Å². The van der Waals surface area contributed by atoms with Gasteiger partial charge in [0.05, 0.1) is 14.2 Å². The fourth-order valence-electron chi connectivity index (χ4n) is 4.14. The van der Waals surface area contributed by atoms with Crippen LogP contribution in [-0.4, -0.2) is 32.8 Å². The van der Waals surface area contributed by atoms with Crippen LogP contribution in [0.3, 0.4) is 0 Å². The summed E-state index contributed by atoms with van der Waals surface area (Å²) >= 11 is 3.43. The van der Waals surface area contributed by atoms with E-state index in [1.807, 2.05) is 36.4 Å². The number of halogens is 1. The lowest BCUT2D eigenvalue weighted by molar-refractivity contribution is -0.133. The second kappa shape index (κ2) is 11.2. The van der Waals surface area contributed by atoms with Gasteiger partial charge in [0, 0.05) is 16.4 Å². The van der Waals surface area contributed by atoms with Gasteiger partial charge in [-0.1, -0.05) is 52.9 Å². The molecule has 3 unspecified atom stereocenters. The second-order valence-electron chi connectivity index (χ2n) is 7.57. The fraction of sp³-hybridized carbons (Fsp3) is 0.400. The lowest BCUT2D eigenvalue weighted by Gasteiger charge is -2.34. The Morgan fingerprint density at radius 1 is 1.13 bits per heavy atom. The minimum Gasteiger partial charge on any atom is -0.493 e. The molecule has 1 fully saturated rings. The van der Waals surface area contributed by atoms with Gasteiger partial charge in [0.15, 0.2) is 17.6 Å². The third kappa shape index (κ3) is 5.81. The molecular formula is C25H28BrNO4.